The van der Waals surface area contributed by atoms with Crippen molar-refractivity contribution in [1.29, 1.82) is 0 Å². The fourth-order valence-corrected chi connectivity index (χ4v) is 3.66. The number of aromatic nitrogens is 1. The summed E-state index contributed by atoms with van der Waals surface area (Å²) in [5.41, 5.74) is 2.10. The number of nitrogens with zero attached hydrogens (tertiary/aromatic N) is 2. The van der Waals surface area contributed by atoms with Gasteiger partial charge in [-0.2, -0.15) is 0 Å². The number of nitrogens with one attached hydrogen (secondary N) is 1. The minimum absolute atomic E-state index is 0.0449. The van der Waals surface area contributed by atoms with Crippen molar-refractivity contribution in [3.8, 4) is 11.6 Å². The largest absolute Gasteiger partial charge is 0.439 e. The minimum atomic E-state index is -0.361. The van der Waals surface area contributed by atoms with Crippen LogP contribution in [0.3, 0.4) is 0 Å². The zero-order valence-electron chi connectivity index (χ0n) is 16.6. The Hall–Kier alpha value is -3.25. The van der Waals surface area contributed by atoms with Crippen LogP contribution in [0.2, 0.25) is 0 Å². The van der Waals surface area contributed by atoms with E-state index in [0.29, 0.717) is 18.2 Å². The Labute approximate surface area is 175 Å². The summed E-state index contributed by atoms with van der Waals surface area (Å²) in [5.74, 6) is 0.451. The number of carbonyl (C=O) groups excluding carboxylic acids is 1. The van der Waals surface area contributed by atoms with Crippen LogP contribution in [0.25, 0.3) is 0 Å². The van der Waals surface area contributed by atoms with Crippen molar-refractivity contribution < 1.29 is 13.9 Å². The number of likely N-dealkylation sites (tertiary alicyclic amines) is 1. The van der Waals surface area contributed by atoms with E-state index >= 15 is 0 Å². The Balaban J connectivity index is 1.30. The van der Waals surface area contributed by atoms with E-state index in [0.717, 1.165) is 31.5 Å². The molecule has 0 bridgehead atoms. The lowest BCUT2D eigenvalue weighted by Gasteiger charge is -2.23. The number of carbonyl (C=O) groups is 1. The maximum absolute atomic E-state index is 13.2. The molecule has 1 aliphatic heterocycles. The molecule has 1 N–H and O–H groups in total. The first-order valence-corrected chi connectivity index (χ1v) is 10.1. The van der Waals surface area contributed by atoms with Crippen LogP contribution in [-0.4, -0.2) is 28.4 Å². The molecule has 1 aromatic heterocycles. The second-order valence-electron chi connectivity index (χ2n) is 7.40. The highest BCUT2D eigenvalue weighted by molar-refractivity contribution is 5.82. The molecule has 2 heterocycles. The van der Waals surface area contributed by atoms with Gasteiger partial charge in [0.1, 0.15) is 11.6 Å². The first-order valence-electron chi connectivity index (χ1n) is 10.1. The molecule has 1 fully saturated rings. The predicted molar refractivity (Wildman–Crippen MR) is 112 cm³/mol. The number of pyridine rings is 1. The SMILES string of the molecule is O=C(NCc1ccc(Oc2cccc(F)c2)nc1)C1CCCN1Cc1ccccc1. The summed E-state index contributed by atoms with van der Waals surface area (Å²) < 4.78 is 18.8. The van der Waals surface area contributed by atoms with Crippen LogP contribution in [0.1, 0.15) is 24.0 Å². The molecule has 5 nitrogen and oxygen atoms in total. The average Bonchev–Trinajstić information content (AvgIpc) is 3.22. The Kier molecular flexibility index (Phi) is 6.35. The summed E-state index contributed by atoms with van der Waals surface area (Å²) in [4.78, 5) is 19.2. The van der Waals surface area contributed by atoms with Crippen molar-refractivity contribution in [2.24, 2.45) is 0 Å². The van der Waals surface area contributed by atoms with E-state index in [9.17, 15) is 9.18 Å². The van der Waals surface area contributed by atoms with E-state index in [1.165, 1.54) is 17.7 Å². The smallest absolute Gasteiger partial charge is 0.237 e. The van der Waals surface area contributed by atoms with Crippen molar-refractivity contribution in [2.45, 2.75) is 32.0 Å². The third-order valence-corrected chi connectivity index (χ3v) is 5.18. The molecule has 0 saturated carbocycles. The number of benzene rings is 2. The highest BCUT2D eigenvalue weighted by Crippen LogP contribution is 2.21. The fraction of sp³-hybridized carbons (Fsp3) is 0.250. The van der Waals surface area contributed by atoms with Crippen LogP contribution < -0.4 is 10.1 Å². The van der Waals surface area contributed by atoms with Gasteiger partial charge in [0.05, 0.1) is 6.04 Å². The van der Waals surface area contributed by atoms with Crippen molar-refractivity contribution >= 4 is 5.91 Å². The summed E-state index contributed by atoms with van der Waals surface area (Å²) in [6.07, 6.45) is 3.56. The summed E-state index contributed by atoms with van der Waals surface area (Å²) in [6, 6.07) is 19.6. The van der Waals surface area contributed by atoms with E-state index in [1.54, 1.807) is 24.4 Å². The maximum Gasteiger partial charge on any atom is 0.237 e. The molecule has 30 heavy (non-hydrogen) atoms. The standard InChI is InChI=1S/C24H24FN3O2/c25-20-8-4-9-21(14-20)30-23-12-11-19(15-26-23)16-27-24(29)22-10-5-13-28(22)17-18-6-2-1-3-7-18/h1-4,6-9,11-12,14-15,22H,5,10,13,16-17H2,(H,27,29). The van der Waals surface area contributed by atoms with Crippen molar-refractivity contribution in [1.82, 2.24) is 15.2 Å². The Morgan fingerprint density at radius 2 is 1.97 bits per heavy atom. The molecule has 1 saturated heterocycles. The second kappa shape index (κ2) is 9.50. The first-order chi connectivity index (χ1) is 14.7. The molecule has 0 aliphatic carbocycles. The van der Waals surface area contributed by atoms with E-state index < -0.39 is 0 Å². The quantitative estimate of drug-likeness (QED) is 0.637. The molecule has 1 unspecified atom stereocenters. The van der Waals surface area contributed by atoms with Gasteiger partial charge >= 0.3 is 0 Å². The molecule has 1 amide bonds. The van der Waals surface area contributed by atoms with Crippen LogP contribution in [-0.2, 0) is 17.9 Å². The van der Waals surface area contributed by atoms with Gasteiger partial charge in [0.25, 0.3) is 0 Å². The lowest BCUT2D eigenvalue weighted by atomic mass is 10.1. The van der Waals surface area contributed by atoms with Crippen molar-refractivity contribution in [3.63, 3.8) is 0 Å². The lowest BCUT2D eigenvalue weighted by molar-refractivity contribution is -0.125. The van der Waals surface area contributed by atoms with Crippen LogP contribution >= 0.6 is 0 Å². The molecule has 154 valence electrons. The average molecular weight is 405 g/mol. The molecule has 0 spiro atoms. The molecule has 1 aliphatic rings. The minimum Gasteiger partial charge on any atom is -0.439 e. The Morgan fingerprint density at radius 1 is 1.10 bits per heavy atom. The fourth-order valence-electron chi connectivity index (χ4n) is 3.66. The molecular formula is C24H24FN3O2. The van der Waals surface area contributed by atoms with Crippen LogP contribution in [0.15, 0.2) is 72.9 Å². The molecular weight excluding hydrogens is 381 g/mol. The lowest BCUT2D eigenvalue weighted by Crippen LogP contribution is -2.42. The van der Waals surface area contributed by atoms with Crippen molar-refractivity contribution in [2.75, 3.05) is 6.54 Å². The number of hydrogen-bond acceptors (Lipinski definition) is 4. The molecule has 2 aromatic carbocycles. The first kappa shape index (κ1) is 20.0. The highest BCUT2D eigenvalue weighted by Gasteiger charge is 2.30. The second-order valence-corrected chi connectivity index (χ2v) is 7.40. The van der Waals surface area contributed by atoms with Gasteiger partial charge in [-0.25, -0.2) is 9.37 Å². The maximum atomic E-state index is 13.2. The van der Waals surface area contributed by atoms with Gasteiger partial charge in [-0.1, -0.05) is 42.5 Å². The van der Waals surface area contributed by atoms with Gasteiger partial charge < -0.3 is 10.1 Å². The zero-order chi connectivity index (χ0) is 20.8. The third kappa shape index (κ3) is 5.21. The molecule has 0 radical (unpaired) electrons. The van der Waals surface area contributed by atoms with Gasteiger partial charge in [-0.3, -0.25) is 9.69 Å². The van der Waals surface area contributed by atoms with Gasteiger partial charge in [0, 0.05) is 31.4 Å². The normalized spacial score (nSPS) is 16.4. The molecule has 4 rings (SSSR count). The monoisotopic (exact) mass is 405 g/mol. The van der Waals surface area contributed by atoms with Crippen LogP contribution in [0.5, 0.6) is 11.6 Å². The summed E-state index contributed by atoms with van der Waals surface area (Å²) >= 11 is 0. The van der Waals surface area contributed by atoms with Gasteiger partial charge in [0.15, 0.2) is 0 Å². The van der Waals surface area contributed by atoms with Crippen LogP contribution in [0.4, 0.5) is 4.39 Å². The number of hydrogen-bond donors (Lipinski definition) is 1. The van der Waals surface area contributed by atoms with Gasteiger partial charge in [-0.15, -0.1) is 0 Å². The van der Waals surface area contributed by atoms with Crippen LogP contribution in [0, 0.1) is 5.82 Å². The molecule has 6 heteroatoms. The number of rotatable bonds is 7. The van der Waals surface area contributed by atoms with Gasteiger partial charge in [0.2, 0.25) is 11.8 Å². The number of halogens is 1. The predicted octanol–water partition coefficient (Wildman–Crippen LogP) is 4.29. The summed E-state index contributed by atoms with van der Waals surface area (Å²) in [5, 5.41) is 3.02. The Bertz CT molecular complexity index is 979. The molecule has 1 atom stereocenters. The van der Waals surface area contributed by atoms with Crippen molar-refractivity contribution in [3.05, 3.63) is 89.9 Å². The van der Waals surface area contributed by atoms with E-state index in [1.807, 2.05) is 24.3 Å². The van der Waals surface area contributed by atoms with E-state index in [-0.39, 0.29) is 17.8 Å². The number of amides is 1. The van der Waals surface area contributed by atoms with E-state index in [2.05, 4.69) is 27.3 Å². The topological polar surface area (TPSA) is 54.5 Å². The molecule has 3 aromatic rings. The third-order valence-electron chi connectivity index (χ3n) is 5.18. The zero-order valence-corrected chi connectivity index (χ0v) is 16.6. The highest BCUT2D eigenvalue weighted by atomic mass is 19.1. The number of ether oxygens (including phenoxy) is 1. The van der Waals surface area contributed by atoms with E-state index in [4.69, 9.17) is 4.74 Å². The Morgan fingerprint density at radius 3 is 2.73 bits per heavy atom. The van der Waals surface area contributed by atoms with Gasteiger partial charge in [-0.05, 0) is 42.6 Å². The summed E-state index contributed by atoms with van der Waals surface area (Å²) in [6.45, 7) is 2.12. The summed E-state index contributed by atoms with van der Waals surface area (Å²) in [7, 11) is 0.